The topological polar surface area (TPSA) is 235 Å². The van der Waals surface area contributed by atoms with Gasteiger partial charge in [0.25, 0.3) is 0 Å². The second kappa shape index (κ2) is 27.6. The van der Waals surface area contributed by atoms with E-state index in [0.717, 1.165) is 36.2 Å². The molecule has 1 aromatic heterocycles. The van der Waals surface area contributed by atoms with Gasteiger partial charge < -0.3 is 68.9 Å². The van der Waals surface area contributed by atoms with Crippen molar-refractivity contribution >= 4 is 40.9 Å². The second-order valence-corrected chi connectivity index (χ2v) is 26.4. The Morgan fingerprint density at radius 3 is 2.21 bits per heavy atom. The van der Waals surface area contributed by atoms with Crippen molar-refractivity contribution in [2.24, 2.45) is 17.8 Å². The van der Waals surface area contributed by atoms with Crippen LogP contribution in [0, 0.1) is 17.8 Å². The maximum atomic E-state index is 14.7. The maximum absolute atomic E-state index is 14.7. The largest absolute Gasteiger partial charge is 0.460 e. The number of cyclic esters (lactones) is 1. The fourth-order valence-corrected chi connectivity index (χ4v) is 14.8. The Labute approximate surface area is 487 Å². The van der Waals surface area contributed by atoms with Crippen LogP contribution in [0.15, 0.2) is 64.4 Å². The third kappa shape index (κ3) is 15.3. The molecular formula is C61H91N3O15S2. The molecule has 0 radical (unpaired) electrons. The normalized spacial score (nSPS) is 36.2. The van der Waals surface area contributed by atoms with Gasteiger partial charge in [0.05, 0.1) is 48.0 Å². The van der Waals surface area contributed by atoms with Crippen LogP contribution in [0.3, 0.4) is 0 Å². The summed E-state index contributed by atoms with van der Waals surface area (Å²) in [5.41, 5.74) is -1.37. The highest BCUT2D eigenvalue weighted by atomic mass is 32.2. The van der Waals surface area contributed by atoms with Crippen molar-refractivity contribution in [3.63, 3.8) is 0 Å². The molecule has 3 fully saturated rings. The minimum Gasteiger partial charge on any atom is -0.460 e. The quantitative estimate of drug-likeness (QED) is 0.0482. The summed E-state index contributed by atoms with van der Waals surface area (Å²) >= 11 is 3.34. The molecule has 6 N–H and O–H groups in total. The Hall–Kier alpha value is -3.58. The number of hydrogen-bond donors (Lipinski definition) is 6. The summed E-state index contributed by atoms with van der Waals surface area (Å²) in [6, 6.07) is 17.6. The van der Waals surface area contributed by atoms with E-state index < -0.39 is 102 Å². The van der Waals surface area contributed by atoms with Gasteiger partial charge in [0, 0.05) is 88.3 Å². The van der Waals surface area contributed by atoms with Gasteiger partial charge in [-0.1, -0.05) is 68.9 Å². The maximum Gasteiger partial charge on any atom is 0.311 e. The fourth-order valence-electron chi connectivity index (χ4n) is 12.5. The van der Waals surface area contributed by atoms with Gasteiger partial charge in [-0.05, 0) is 118 Å². The average Bonchev–Trinajstić information content (AvgIpc) is 3.81. The number of methoxy groups -OCH3 is 1. The van der Waals surface area contributed by atoms with Gasteiger partial charge in [-0.15, -0.1) is 11.3 Å². The Balaban J connectivity index is 1.06. The Kier molecular flexibility index (Phi) is 22.2. The van der Waals surface area contributed by atoms with Crippen molar-refractivity contribution in [2.45, 2.75) is 221 Å². The molecule has 20 heteroatoms. The summed E-state index contributed by atoms with van der Waals surface area (Å²) in [4.78, 5) is 49.2. The molecule has 0 unspecified atom stereocenters. The van der Waals surface area contributed by atoms with Crippen LogP contribution >= 0.6 is 23.1 Å². The highest BCUT2D eigenvalue weighted by Gasteiger charge is 2.53. The lowest BCUT2D eigenvalue weighted by atomic mass is 9.77. The Morgan fingerprint density at radius 2 is 1.54 bits per heavy atom. The lowest BCUT2D eigenvalue weighted by molar-refractivity contribution is -0.318. The fraction of sp³-hybridized carbons (Fsp3) is 0.689. The van der Waals surface area contributed by atoms with Crippen LogP contribution in [0.5, 0.6) is 0 Å². The van der Waals surface area contributed by atoms with Crippen molar-refractivity contribution < 1.29 is 73.1 Å². The van der Waals surface area contributed by atoms with E-state index in [1.54, 1.807) is 71.6 Å². The number of likely N-dealkylation sites (N-methyl/N-ethyl adjacent to an activating group) is 1. The molecule has 4 aliphatic rings. The van der Waals surface area contributed by atoms with Gasteiger partial charge in [0.1, 0.15) is 36.6 Å². The molecule has 81 heavy (non-hydrogen) atoms. The number of hydrogen-bond acceptors (Lipinski definition) is 19. The van der Waals surface area contributed by atoms with Gasteiger partial charge in [0.15, 0.2) is 12.6 Å². The van der Waals surface area contributed by atoms with Gasteiger partial charge in [-0.25, -0.2) is 0 Å². The standard InChI is InChI=1S/C61H91N3O15S2/c1-14-47-61(10,72)54(68)38(6)64(27-19-26-62-48(65)24-25-49(66)74-33-40-29-43-41-20-15-17-22-45(41)81-46-23-18-16-21-42(46)53(43)80-40)32-34(2)30-59(8,71)56(79-58-51(67)44(63(11)12)28-35(3)75-58)36(4)52(37(5)57(70)77-47)78-50-31-60(9,73-13)55(69)39(7)76-50/h15-18,20-23,29,34-39,44,47,50-52,54-56,58,67-69,71-72H,14,19,24-28,30-33H2,1-13H3,(H,62,65)/t34-,35-,36+,37-,38-,39+,44+,47-,50+,51-,52+,54-,55+,56-,58+,59-,60-,61-/m1/s1. The molecule has 452 valence electrons. The molecule has 3 saturated heterocycles. The van der Waals surface area contributed by atoms with E-state index in [1.807, 2.05) is 62.0 Å². The van der Waals surface area contributed by atoms with Crippen molar-refractivity contribution in [1.29, 1.82) is 0 Å². The zero-order chi connectivity index (χ0) is 59.3. The number of ether oxygens (including phenoxy) is 7. The number of amides is 1. The lowest BCUT2D eigenvalue weighted by Gasteiger charge is -2.48. The Morgan fingerprint density at radius 1 is 0.877 bits per heavy atom. The predicted molar refractivity (Wildman–Crippen MR) is 309 cm³/mol. The van der Waals surface area contributed by atoms with E-state index >= 15 is 0 Å². The average molecular weight is 1170 g/mol. The minimum atomic E-state index is -1.96. The van der Waals surface area contributed by atoms with Gasteiger partial charge >= 0.3 is 11.9 Å². The van der Waals surface area contributed by atoms with Crippen LogP contribution in [0.25, 0.3) is 21.6 Å². The van der Waals surface area contributed by atoms with Crippen LogP contribution < -0.4 is 5.32 Å². The molecule has 0 bridgehead atoms. The van der Waals surface area contributed by atoms with E-state index in [4.69, 9.17) is 33.2 Å². The second-order valence-electron chi connectivity index (χ2n) is 24.1. The third-order valence-corrected chi connectivity index (χ3v) is 19.5. The van der Waals surface area contributed by atoms with E-state index in [1.165, 1.54) is 14.0 Å². The molecule has 0 spiro atoms. The number of nitrogens with one attached hydrogen (secondary N) is 1. The highest BCUT2D eigenvalue weighted by Crippen LogP contribution is 2.51. The number of fused-ring (bicyclic) bond motifs is 5. The molecule has 5 heterocycles. The Bertz CT molecular complexity index is 2520. The molecule has 7 rings (SSSR count). The number of aliphatic hydroxyl groups is 5. The number of benzene rings is 2. The molecule has 2 aromatic carbocycles. The zero-order valence-corrected chi connectivity index (χ0v) is 51.3. The summed E-state index contributed by atoms with van der Waals surface area (Å²) in [5, 5.41) is 63.3. The number of esters is 2. The van der Waals surface area contributed by atoms with Crippen LogP contribution in [-0.4, -0.2) is 184 Å². The zero-order valence-electron chi connectivity index (χ0n) is 49.7. The summed E-state index contributed by atoms with van der Waals surface area (Å²) in [5.74, 6) is -3.80. The van der Waals surface area contributed by atoms with Gasteiger partial charge in [-0.3, -0.25) is 19.3 Å². The molecule has 0 aliphatic carbocycles. The minimum absolute atomic E-state index is 0.0744. The van der Waals surface area contributed by atoms with E-state index in [2.05, 4.69) is 35.6 Å². The van der Waals surface area contributed by atoms with Crippen LogP contribution in [0.2, 0.25) is 0 Å². The van der Waals surface area contributed by atoms with Crippen LogP contribution in [0.4, 0.5) is 0 Å². The van der Waals surface area contributed by atoms with Gasteiger partial charge in [-0.2, -0.15) is 0 Å². The number of aliphatic hydroxyl groups excluding tert-OH is 3. The predicted octanol–water partition coefficient (Wildman–Crippen LogP) is 7.16. The smallest absolute Gasteiger partial charge is 0.311 e. The number of nitrogens with zero attached hydrogens (tertiary/aromatic N) is 2. The van der Waals surface area contributed by atoms with Crippen molar-refractivity contribution in [3.8, 4) is 21.6 Å². The third-order valence-electron chi connectivity index (χ3n) is 17.2. The summed E-state index contributed by atoms with van der Waals surface area (Å²) in [6.07, 6.45) is -9.15. The first-order valence-corrected chi connectivity index (χ1v) is 30.5. The monoisotopic (exact) mass is 1170 g/mol. The van der Waals surface area contributed by atoms with E-state index in [-0.39, 0.29) is 69.2 Å². The summed E-state index contributed by atoms with van der Waals surface area (Å²) < 4.78 is 43.9. The number of carbonyl (C=O) groups excluding carboxylic acids is 3. The first kappa shape index (κ1) is 65.0. The van der Waals surface area contributed by atoms with Crippen molar-refractivity contribution in [1.82, 2.24) is 15.1 Å². The van der Waals surface area contributed by atoms with Crippen molar-refractivity contribution in [2.75, 3.05) is 40.8 Å². The number of rotatable bonds is 16. The molecule has 0 saturated carbocycles. The van der Waals surface area contributed by atoms with Crippen LogP contribution in [0.1, 0.15) is 119 Å². The van der Waals surface area contributed by atoms with E-state index in [0.29, 0.717) is 25.9 Å². The molecule has 18 atom stereocenters. The van der Waals surface area contributed by atoms with Crippen molar-refractivity contribution in [3.05, 3.63) is 59.5 Å². The summed E-state index contributed by atoms with van der Waals surface area (Å²) in [7, 11) is 5.24. The van der Waals surface area contributed by atoms with Crippen LogP contribution in [-0.2, 0) is 54.1 Å². The first-order chi connectivity index (χ1) is 38.2. The number of carbonyl (C=O) groups is 3. The molecule has 3 aromatic rings. The SMILES string of the molecule is CC[C@H]1OC(=O)[C@H](C)[C@@H](O[C@H]2C[C@@](C)(OC)[C@@H](O)[C@H](C)O2)[C@H](C)[C@@H](O[C@@H]2O[C@H](C)C[C@H](N(C)C)[C@H]2O)[C@](C)(O)C[C@@H](C)CN(CCCNC(=O)CCC(=O)OCc2cc3c(s2)-c2ccccc2Sc2ccccc2-3)[C@H](C)[C@@H](O)[C@]1(C)O. The first-order valence-electron chi connectivity index (χ1n) is 28.9. The number of thiophene rings is 1. The highest BCUT2D eigenvalue weighted by molar-refractivity contribution is 7.99. The van der Waals surface area contributed by atoms with E-state index in [9.17, 15) is 39.9 Å². The molecule has 18 nitrogen and oxygen atoms in total. The van der Waals surface area contributed by atoms with Gasteiger partial charge in [0.2, 0.25) is 5.91 Å². The lowest BCUT2D eigenvalue weighted by Crippen LogP contribution is -2.60. The molecular weight excluding hydrogens is 1080 g/mol. The molecule has 4 aliphatic heterocycles. The molecule has 1 amide bonds. The summed E-state index contributed by atoms with van der Waals surface area (Å²) in [6.45, 7) is 18.4.